The molecule has 0 amide bonds. The van der Waals surface area contributed by atoms with Crippen molar-refractivity contribution in [1.82, 2.24) is 0 Å². The molecule has 0 radical (unpaired) electrons. The lowest BCUT2D eigenvalue weighted by molar-refractivity contribution is -0.138. The first-order chi connectivity index (χ1) is 10.3. The van der Waals surface area contributed by atoms with Crippen LogP contribution in [0.15, 0.2) is 12.2 Å². The maximum absolute atomic E-state index is 11.6. The highest BCUT2D eigenvalue weighted by Gasteiger charge is 2.22. The third-order valence-corrected chi connectivity index (χ3v) is 4.42. The number of esters is 2. The van der Waals surface area contributed by atoms with Gasteiger partial charge in [-0.05, 0) is 6.42 Å². The van der Waals surface area contributed by atoms with E-state index in [0.29, 0.717) is 6.42 Å². The van der Waals surface area contributed by atoms with E-state index < -0.39 is 11.9 Å². The lowest BCUT2D eigenvalue weighted by atomic mass is 10.3. The molecule has 1 rings (SSSR count). The molecule has 0 aliphatic heterocycles. The molecule has 4 nitrogen and oxygen atoms in total. The Bertz CT molecular complexity index is 598. The molecule has 0 unspecified atom stereocenters. The van der Waals surface area contributed by atoms with E-state index in [-0.39, 0.29) is 37.5 Å². The summed E-state index contributed by atoms with van der Waals surface area (Å²) in [7, 11) is 0. The lowest BCUT2D eigenvalue weighted by Gasteiger charge is -2.11. The Morgan fingerprint density at radius 1 is 0.864 bits per heavy atom. The number of carbonyl (C=O) groups is 2. The van der Waals surface area contributed by atoms with Crippen molar-refractivity contribution >= 4 is 69.9 Å². The smallest absolute Gasteiger partial charge is 0.336 e. The highest BCUT2D eigenvalue weighted by Crippen LogP contribution is 2.48. The van der Waals surface area contributed by atoms with Crippen molar-refractivity contribution in [3.05, 3.63) is 37.3 Å². The molecule has 0 atom stereocenters. The highest BCUT2D eigenvalue weighted by molar-refractivity contribution is 6.55. The van der Waals surface area contributed by atoms with Crippen LogP contribution in [0.1, 0.15) is 13.3 Å². The fourth-order valence-corrected chi connectivity index (χ4v) is 2.39. The lowest BCUT2D eigenvalue weighted by Crippen LogP contribution is -2.08. The fraction of sp³-hybridized carbons (Fsp3) is 0.231. The van der Waals surface area contributed by atoms with Crippen LogP contribution in [0.25, 0.3) is 0 Å². The number of rotatable bonds is 5. The number of ether oxygens (including phenoxy) is 2. The molecular weight excluding hydrogens is 397 g/mol. The molecule has 0 heterocycles. The number of benzene rings is 1. The van der Waals surface area contributed by atoms with Crippen molar-refractivity contribution in [2.45, 2.75) is 13.3 Å². The van der Waals surface area contributed by atoms with Crippen molar-refractivity contribution in [3.8, 4) is 5.75 Å². The van der Waals surface area contributed by atoms with Crippen molar-refractivity contribution in [2.75, 3.05) is 6.61 Å². The second-order valence-electron chi connectivity index (χ2n) is 3.82. The predicted molar refractivity (Wildman–Crippen MR) is 87.5 cm³/mol. The van der Waals surface area contributed by atoms with Crippen LogP contribution in [0.3, 0.4) is 0 Å². The number of halogens is 5. The van der Waals surface area contributed by atoms with E-state index in [1.54, 1.807) is 0 Å². The van der Waals surface area contributed by atoms with Gasteiger partial charge in [-0.3, -0.25) is 0 Å². The SMILES string of the molecule is CCCOC(=O)/C=C/C(=O)Oc1c(Cl)c(Cl)c(Cl)c(Cl)c1Cl. The average Bonchev–Trinajstić information content (AvgIpc) is 2.51. The Labute approximate surface area is 151 Å². The van der Waals surface area contributed by atoms with E-state index in [4.69, 9.17) is 67.5 Å². The van der Waals surface area contributed by atoms with Crippen molar-refractivity contribution in [1.29, 1.82) is 0 Å². The summed E-state index contributed by atoms with van der Waals surface area (Å²) in [5.74, 6) is -1.84. The zero-order chi connectivity index (χ0) is 16.9. The van der Waals surface area contributed by atoms with E-state index in [0.717, 1.165) is 12.2 Å². The monoisotopic (exact) mass is 404 g/mol. The topological polar surface area (TPSA) is 52.6 Å². The Kier molecular flexibility index (Phi) is 7.80. The van der Waals surface area contributed by atoms with Crippen LogP contribution in [0.2, 0.25) is 25.1 Å². The van der Waals surface area contributed by atoms with Crippen LogP contribution in [0.5, 0.6) is 5.75 Å². The molecule has 0 N–H and O–H groups in total. The quantitative estimate of drug-likeness (QED) is 0.217. The van der Waals surface area contributed by atoms with Crippen LogP contribution in [0.4, 0.5) is 0 Å². The number of hydrogen-bond donors (Lipinski definition) is 0. The van der Waals surface area contributed by atoms with Gasteiger partial charge in [0.2, 0.25) is 0 Å². The average molecular weight is 406 g/mol. The normalized spacial score (nSPS) is 10.8. The van der Waals surface area contributed by atoms with Crippen LogP contribution in [-0.4, -0.2) is 18.5 Å². The molecule has 1 aromatic rings. The van der Waals surface area contributed by atoms with Crippen molar-refractivity contribution in [2.24, 2.45) is 0 Å². The third kappa shape index (κ3) is 4.93. The first-order valence-electron chi connectivity index (χ1n) is 5.87. The Morgan fingerprint density at radius 2 is 1.32 bits per heavy atom. The summed E-state index contributed by atoms with van der Waals surface area (Å²) in [4.78, 5) is 22.9. The molecule has 0 saturated heterocycles. The van der Waals surface area contributed by atoms with Gasteiger partial charge in [-0.15, -0.1) is 0 Å². The van der Waals surface area contributed by atoms with Crippen molar-refractivity contribution < 1.29 is 19.1 Å². The van der Waals surface area contributed by atoms with Crippen LogP contribution in [0, 0.1) is 0 Å². The maximum atomic E-state index is 11.6. The van der Waals surface area contributed by atoms with Gasteiger partial charge in [0.15, 0.2) is 5.75 Å². The Hall–Kier alpha value is -0.650. The molecule has 0 bridgehead atoms. The highest BCUT2D eigenvalue weighted by atomic mass is 35.5. The van der Waals surface area contributed by atoms with Crippen LogP contribution < -0.4 is 4.74 Å². The van der Waals surface area contributed by atoms with Crippen molar-refractivity contribution in [3.63, 3.8) is 0 Å². The zero-order valence-corrected chi connectivity index (χ0v) is 14.9. The molecule has 22 heavy (non-hydrogen) atoms. The fourth-order valence-electron chi connectivity index (χ4n) is 1.20. The summed E-state index contributed by atoms with van der Waals surface area (Å²) in [5.41, 5.74) is 0. The third-order valence-electron chi connectivity index (χ3n) is 2.18. The van der Waals surface area contributed by atoms with Crippen LogP contribution in [-0.2, 0) is 14.3 Å². The van der Waals surface area contributed by atoms with Gasteiger partial charge < -0.3 is 9.47 Å². The summed E-state index contributed by atoms with van der Waals surface area (Å²) in [5, 5.41) is -0.608. The number of carbonyl (C=O) groups excluding carboxylic acids is 2. The second kappa shape index (κ2) is 8.85. The molecule has 0 spiro atoms. The van der Waals surface area contributed by atoms with E-state index in [9.17, 15) is 9.59 Å². The van der Waals surface area contributed by atoms with E-state index in [1.165, 1.54) is 0 Å². The van der Waals surface area contributed by atoms with E-state index >= 15 is 0 Å². The van der Waals surface area contributed by atoms with Gasteiger partial charge in [0, 0.05) is 12.2 Å². The molecule has 1 aromatic carbocycles. The molecule has 0 saturated carbocycles. The zero-order valence-electron chi connectivity index (χ0n) is 11.1. The summed E-state index contributed by atoms with van der Waals surface area (Å²) in [6.07, 6.45) is 2.44. The molecule has 0 aliphatic carbocycles. The van der Waals surface area contributed by atoms with Gasteiger partial charge in [0.05, 0.1) is 21.7 Å². The molecule has 120 valence electrons. The van der Waals surface area contributed by atoms with Gasteiger partial charge >= 0.3 is 11.9 Å². The Morgan fingerprint density at radius 3 is 1.82 bits per heavy atom. The summed E-state index contributed by atoms with van der Waals surface area (Å²) < 4.78 is 9.67. The van der Waals surface area contributed by atoms with Gasteiger partial charge in [-0.1, -0.05) is 64.9 Å². The molecular formula is C13H9Cl5O4. The minimum Gasteiger partial charge on any atom is -0.463 e. The Balaban J connectivity index is 2.90. The molecule has 0 aliphatic rings. The number of hydrogen-bond acceptors (Lipinski definition) is 4. The van der Waals surface area contributed by atoms with E-state index in [2.05, 4.69) is 0 Å². The minimum atomic E-state index is -0.910. The van der Waals surface area contributed by atoms with Gasteiger partial charge in [-0.25, -0.2) is 9.59 Å². The minimum absolute atomic E-state index is 0.0585. The summed E-state index contributed by atoms with van der Waals surface area (Å²) >= 11 is 29.3. The van der Waals surface area contributed by atoms with Gasteiger partial charge in [0.25, 0.3) is 0 Å². The predicted octanol–water partition coefficient (Wildman–Crippen LogP) is 5.37. The van der Waals surface area contributed by atoms with Crippen LogP contribution >= 0.6 is 58.0 Å². The largest absolute Gasteiger partial charge is 0.463 e. The first kappa shape index (κ1) is 19.4. The molecule has 0 aromatic heterocycles. The summed E-state index contributed by atoms with van der Waals surface area (Å²) in [6.45, 7) is 2.08. The standard InChI is InChI=1S/C13H9Cl5O4/c1-2-5-21-6(19)3-4-7(20)22-13-11(17)9(15)8(14)10(16)12(13)18/h3-4H,2,5H2,1H3/b4-3+. The van der Waals surface area contributed by atoms with Gasteiger partial charge in [0.1, 0.15) is 10.0 Å². The molecule has 9 heteroatoms. The van der Waals surface area contributed by atoms with Gasteiger partial charge in [-0.2, -0.15) is 0 Å². The summed E-state index contributed by atoms with van der Waals surface area (Å²) in [6, 6.07) is 0. The molecule has 0 fully saturated rings. The first-order valence-corrected chi connectivity index (χ1v) is 7.76. The second-order valence-corrected chi connectivity index (χ2v) is 5.71. The maximum Gasteiger partial charge on any atom is 0.336 e. The van der Waals surface area contributed by atoms with E-state index in [1.807, 2.05) is 6.92 Å².